The van der Waals surface area contributed by atoms with Gasteiger partial charge in [0.2, 0.25) is 0 Å². The van der Waals surface area contributed by atoms with Gasteiger partial charge in [-0.15, -0.1) is 0 Å². The summed E-state index contributed by atoms with van der Waals surface area (Å²) in [5.41, 5.74) is 1.35. The highest BCUT2D eigenvalue weighted by Crippen LogP contribution is 2.25. The lowest BCUT2D eigenvalue weighted by atomic mass is 10.0. The molecule has 17 heavy (non-hydrogen) atoms. The molecule has 0 aliphatic rings. The summed E-state index contributed by atoms with van der Waals surface area (Å²) < 4.78 is 5.64. The van der Waals surface area contributed by atoms with Gasteiger partial charge in [-0.3, -0.25) is 0 Å². The molecule has 1 N–H and O–H groups in total. The van der Waals surface area contributed by atoms with E-state index in [0.717, 1.165) is 18.1 Å². The smallest absolute Gasteiger partial charge is 0.105 e. The number of aryl methyl sites for hydroxylation is 2. The molecule has 2 nitrogen and oxygen atoms in total. The quantitative estimate of drug-likeness (QED) is 0.673. The van der Waals surface area contributed by atoms with Gasteiger partial charge in [-0.1, -0.05) is 33.1 Å². The zero-order valence-corrected chi connectivity index (χ0v) is 11.8. The molecule has 0 aliphatic carbocycles. The average Bonchev–Trinajstić information content (AvgIpc) is 2.63. The van der Waals surface area contributed by atoms with Crippen LogP contribution >= 0.6 is 0 Å². The van der Waals surface area contributed by atoms with Gasteiger partial charge in [0.05, 0.1) is 0 Å². The summed E-state index contributed by atoms with van der Waals surface area (Å²) in [6, 6.07) is 2.66. The summed E-state index contributed by atoms with van der Waals surface area (Å²) in [7, 11) is 0. The molecular weight excluding hydrogens is 210 g/mol. The van der Waals surface area contributed by atoms with Gasteiger partial charge in [-0.25, -0.2) is 0 Å². The Kier molecular flexibility index (Phi) is 6.35. The van der Waals surface area contributed by atoms with Gasteiger partial charge in [0.15, 0.2) is 0 Å². The van der Waals surface area contributed by atoms with Crippen molar-refractivity contribution in [1.29, 1.82) is 0 Å². The Morgan fingerprint density at radius 2 is 1.94 bits per heavy atom. The van der Waals surface area contributed by atoms with Crippen molar-refractivity contribution in [3.63, 3.8) is 0 Å². The summed E-state index contributed by atoms with van der Waals surface area (Å²) in [5, 5.41) is 3.64. The second-order valence-electron chi connectivity index (χ2n) is 4.87. The van der Waals surface area contributed by atoms with Crippen molar-refractivity contribution in [2.45, 2.75) is 65.8 Å². The molecule has 0 saturated carbocycles. The third-order valence-corrected chi connectivity index (χ3v) is 3.19. The van der Waals surface area contributed by atoms with Crippen molar-refractivity contribution < 1.29 is 4.42 Å². The molecule has 0 aliphatic heterocycles. The van der Waals surface area contributed by atoms with Crippen LogP contribution in [0.1, 0.15) is 69.1 Å². The molecule has 0 saturated heterocycles. The van der Waals surface area contributed by atoms with E-state index in [2.05, 4.69) is 32.2 Å². The topological polar surface area (TPSA) is 25.2 Å². The number of hydrogen-bond acceptors (Lipinski definition) is 2. The van der Waals surface area contributed by atoms with Gasteiger partial charge in [-0.2, -0.15) is 0 Å². The van der Waals surface area contributed by atoms with Crippen LogP contribution in [0.2, 0.25) is 0 Å². The predicted octanol–water partition coefficient (Wildman–Crippen LogP) is 4.52. The first-order chi connectivity index (χ1) is 8.19. The Labute approximate surface area is 106 Å². The van der Waals surface area contributed by atoms with E-state index in [0.29, 0.717) is 6.04 Å². The largest absolute Gasteiger partial charge is 0.466 e. The fourth-order valence-corrected chi connectivity index (χ4v) is 2.28. The maximum atomic E-state index is 5.64. The molecule has 98 valence electrons. The molecule has 0 spiro atoms. The molecule has 1 rings (SSSR count). The first-order valence-corrected chi connectivity index (χ1v) is 6.99. The van der Waals surface area contributed by atoms with Crippen molar-refractivity contribution in [3.8, 4) is 0 Å². The molecule has 1 heterocycles. The number of nitrogens with one attached hydrogen (secondary N) is 1. The molecule has 0 radical (unpaired) electrons. The van der Waals surface area contributed by atoms with Gasteiger partial charge in [0.25, 0.3) is 0 Å². The van der Waals surface area contributed by atoms with Crippen molar-refractivity contribution >= 4 is 0 Å². The zero-order valence-electron chi connectivity index (χ0n) is 11.8. The van der Waals surface area contributed by atoms with Crippen LogP contribution in [-0.2, 0) is 0 Å². The molecule has 1 aromatic heterocycles. The van der Waals surface area contributed by atoms with Crippen LogP contribution in [0.5, 0.6) is 0 Å². The highest BCUT2D eigenvalue weighted by molar-refractivity contribution is 5.24. The minimum atomic E-state index is 0.471. The molecule has 1 aromatic rings. The fourth-order valence-electron chi connectivity index (χ4n) is 2.28. The number of rotatable bonds is 8. The Morgan fingerprint density at radius 3 is 2.47 bits per heavy atom. The second-order valence-corrected chi connectivity index (χ2v) is 4.87. The van der Waals surface area contributed by atoms with Gasteiger partial charge in [0.1, 0.15) is 11.5 Å². The van der Waals surface area contributed by atoms with Crippen molar-refractivity contribution in [2.75, 3.05) is 6.54 Å². The Bertz CT molecular complexity index is 317. The van der Waals surface area contributed by atoms with Gasteiger partial charge < -0.3 is 9.73 Å². The third-order valence-electron chi connectivity index (χ3n) is 3.19. The molecule has 2 heteroatoms. The van der Waals surface area contributed by atoms with E-state index in [9.17, 15) is 0 Å². The molecule has 1 unspecified atom stereocenters. The predicted molar refractivity (Wildman–Crippen MR) is 73.4 cm³/mol. The molecule has 1 atom stereocenters. The molecule has 0 aromatic carbocycles. The van der Waals surface area contributed by atoms with E-state index in [1.807, 2.05) is 6.92 Å². The van der Waals surface area contributed by atoms with Crippen LogP contribution in [0.4, 0.5) is 0 Å². The summed E-state index contributed by atoms with van der Waals surface area (Å²) in [6.07, 6.45) is 6.29. The fraction of sp³-hybridized carbons (Fsp3) is 0.733. The minimum absolute atomic E-state index is 0.471. The molecule has 0 amide bonds. The maximum absolute atomic E-state index is 5.64. The van der Waals surface area contributed by atoms with Crippen molar-refractivity contribution in [1.82, 2.24) is 5.32 Å². The van der Waals surface area contributed by atoms with Crippen LogP contribution in [-0.4, -0.2) is 6.54 Å². The average molecular weight is 237 g/mol. The summed E-state index contributed by atoms with van der Waals surface area (Å²) in [5.74, 6) is 2.10. The van der Waals surface area contributed by atoms with Crippen molar-refractivity contribution in [3.05, 3.63) is 23.2 Å². The van der Waals surface area contributed by atoms with Crippen LogP contribution in [0.15, 0.2) is 10.5 Å². The Hall–Kier alpha value is -0.760. The van der Waals surface area contributed by atoms with E-state index >= 15 is 0 Å². The number of furan rings is 1. The molecular formula is C15H27NO. The van der Waals surface area contributed by atoms with Gasteiger partial charge >= 0.3 is 0 Å². The lowest BCUT2D eigenvalue weighted by Gasteiger charge is -2.17. The zero-order chi connectivity index (χ0) is 12.7. The lowest BCUT2D eigenvalue weighted by molar-refractivity contribution is 0.454. The lowest BCUT2D eigenvalue weighted by Crippen LogP contribution is -2.22. The summed E-state index contributed by atoms with van der Waals surface area (Å²) in [4.78, 5) is 0. The first-order valence-electron chi connectivity index (χ1n) is 6.99. The maximum Gasteiger partial charge on any atom is 0.105 e. The summed E-state index contributed by atoms with van der Waals surface area (Å²) >= 11 is 0. The monoisotopic (exact) mass is 237 g/mol. The Balaban J connectivity index is 2.64. The van der Waals surface area contributed by atoms with E-state index in [-0.39, 0.29) is 0 Å². The molecule has 0 fully saturated rings. The van der Waals surface area contributed by atoms with E-state index < -0.39 is 0 Å². The molecule has 0 bridgehead atoms. The normalized spacial score (nSPS) is 12.9. The van der Waals surface area contributed by atoms with E-state index in [1.165, 1.54) is 37.7 Å². The number of unbranched alkanes of at least 4 members (excludes halogenated alkanes) is 2. The van der Waals surface area contributed by atoms with E-state index in [4.69, 9.17) is 4.42 Å². The minimum Gasteiger partial charge on any atom is -0.466 e. The van der Waals surface area contributed by atoms with Crippen LogP contribution in [0.25, 0.3) is 0 Å². The van der Waals surface area contributed by atoms with Gasteiger partial charge in [0, 0.05) is 11.6 Å². The highest BCUT2D eigenvalue weighted by Gasteiger charge is 2.15. The number of hydrogen-bond donors (Lipinski definition) is 1. The highest BCUT2D eigenvalue weighted by atomic mass is 16.3. The standard InChI is InChI=1S/C15H27NO/c1-5-7-8-9-15(16-10-6-2)14-11-12(3)17-13(14)4/h11,15-16H,5-10H2,1-4H3. The van der Waals surface area contributed by atoms with Gasteiger partial charge in [-0.05, 0) is 39.3 Å². The van der Waals surface area contributed by atoms with Crippen molar-refractivity contribution in [2.24, 2.45) is 0 Å². The Morgan fingerprint density at radius 1 is 1.18 bits per heavy atom. The van der Waals surface area contributed by atoms with Crippen LogP contribution < -0.4 is 5.32 Å². The second kappa shape index (κ2) is 7.54. The summed E-state index contributed by atoms with van der Waals surface area (Å²) in [6.45, 7) is 9.65. The first kappa shape index (κ1) is 14.3. The van der Waals surface area contributed by atoms with Crippen LogP contribution in [0, 0.1) is 13.8 Å². The van der Waals surface area contributed by atoms with E-state index in [1.54, 1.807) is 0 Å². The third kappa shape index (κ3) is 4.55. The van der Waals surface area contributed by atoms with Crippen LogP contribution in [0.3, 0.4) is 0 Å². The SMILES string of the molecule is CCCCCC(NCCC)c1cc(C)oc1C.